The van der Waals surface area contributed by atoms with Gasteiger partial charge in [-0.15, -0.1) is 11.3 Å². The van der Waals surface area contributed by atoms with Crippen molar-refractivity contribution in [1.29, 1.82) is 0 Å². The molecule has 0 aromatic carbocycles. The van der Waals surface area contributed by atoms with Gasteiger partial charge in [0.15, 0.2) is 5.54 Å². The van der Waals surface area contributed by atoms with Crippen LogP contribution in [0.25, 0.3) is 0 Å². The lowest BCUT2D eigenvalue weighted by atomic mass is 9.75. The van der Waals surface area contributed by atoms with Crippen LogP contribution >= 0.6 is 11.3 Å². The molecule has 2 aromatic heterocycles. The smallest absolute Gasteiger partial charge is 0.325 e. The van der Waals surface area contributed by atoms with Crippen molar-refractivity contribution in [2.45, 2.75) is 52.5 Å². The van der Waals surface area contributed by atoms with Gasteiger partial charge in [0.1, 0.15) is 0 Å². The van der Waals surface area contributed by atoms with E-state index in [-0.39, 0.29) is 40.5 Å². The molecule has 3 aliphatic rings. The number of rotatable bonds is 6. The summed E-state index contributed by atoms with van der Waals surface area (Å²) in [5.41, 5.74) is -0.629. The standard InChI is InChI=1S/C27H34N4O3S/c1-25(2)21(26(25,3)4)22(32)30-14-10-18(11-15-30)27(20-9-5-6-13-28-20)23(33)31(24(34)29-27)16-12-19-8-7-17-35-19/h5-9,13,17-18,21H,10-12,14-16H2,1-4H3,(H,29,34). The molecule has 1 N–H and O–H groups in total. The van der Waals surface area contributed by atoms with Gasteiger partial charge >= 0.3 is 6.03 Å². The second-order valence-corrected chi connectivity index (χ2v) is 12.2. The molecular weight excluding hydrogens is 460 g/mol. The van der Waals surface area contributed by atoms with Crippen LogP contribution in [-0.2, 0) is 21.5 Å². The van der Waals surface area contributed by atoms with E-state index in [2.05, 4.69) is 38.0 Å². The van der Waals surface area contributed by atoms with E-state index in [0.29, 0.717) is 44.6 Å². The number of hydrogen-bond donors (Lipinski definition) is 1. The first kappa shape index (κ1) is 24.0. The van der Waals surface area contributed by atoms with Crippen molar-refractivity contribution in [2.24, 2.45) is 22.7 Å². The number of pyridine rings is 1. The van der Waals surface area contributed by atoms with E-state index in [1.54, 1.807) is 17.5 Å². The summed E-state index contributed by atoms with van der Waals surface area (Å²) in [6, 6.07) is 9.12. The quantitative estimate of drug-likeness (QED) is 0.614. The molecular formula is C27H34N4O3S. The number of aromatic nitrogens is 1. The van der Waals surface area contributed by atoms with Gasteiger partial charge in [0.05, 0.1) is 5.69 Å². The van der Waals surface area contributed by atoms with Crippen LogP contribution in [0.1, 0.15) is 51.1 Å². The number of nitrogens with zero attached hydrogens (tertiary/aromatic N) is 3. The Labute approximate surface area is 210 Å². The first-order valence-corrected chi connectivity index (χ1v) is 13.4. The zero-order chi connectivity index (χ0) is 25.0. The summed E-state index contributed by atoms with van der Waals surface area (Å²) in [6.07, 6.45) is 3.58. The molecule has 0 bridgehead atoms. The normalized spacial score (nSPS) is 26.2. The van der Waals surface area contributed by atoms with Crippen LogP contribution in [0, 0.1) is 22.7 Å². The third-order valence-corrected chi connectivity index (χ3v) is 9.99. The second kappa shape index (κ2) is 8.43. The van der Waals surface area contributed by atoms with E-state index in [4.69, 9.17) is 0 Å². The van der Waals surface area contributed by atoms with E-state index in [1.165, 1.54) is 4.90 Å². The molecule has 3 fully saturated rings. The van der Waals surface area contributed by atoms with Crippen molar-refractivity contribution in [2.75, 3.05) is 19.6 Å². The molecule has 7 nitrogen and oxygen atoms in total. The molecule has 1 atom stereocenters. The Bertz CT molecular complexity index is 1110. The van der Waals surface area contributed by atoms with Crippen molar-refractivity contribution in [3.8, 4) is 0 Å². The van der Waals surface area contributed by atoms with Gasteiger partial charge in [-0.1, -0.05) is 39.8 Å². The number of piperidine rings is 1. The molecule has 0 spiro atoms. The van der Waals surface area contributed by atoms with Crippen molar-refractivity contribution in [3.63, 3.8) is 0 Å². The summed E-state index contributed by atoms with van der Waals surface area (Å²) in [5.74, 6) is -0.126. The number of carbonyl (C=O) groups is 3. The molecule has 186 valence electrons. The van der Waals surface area contributed by atoms with Gasteiger partial charge in [0, 0.05) is 42.5 Å². The minimum absolute atomic E-state index is 0.00539. The largest absolute Gasteiger partial charge is 0.342 e. The summed E-state index contributed by atoms with van der Waals surface area (Å²) >= 11 is 1.62. The Morgan fingerprint density at radius 2 is 1.80 bits per heavy atom. The molecule has 2 aromatic rings. The summed E-state index contributed by atoms with van der Waals surface area (Å²) in [7, 11) is 0. The molecule has 35 heavy (non-hydrogen) atoms. The number of hydrogen-bond acceptors (Lipinski definition) is 5. The Balaban J connectivity index is 1.36. The monoisotopic (exact) mass is 494 g/mol. The van der Waals surface area contributed by atoms with Crippen molar-refractivity contribution in [3.05, 3.63) is 52.5 Å². The van der Waals surface area contributed by atoms with Gasteiger partial charge in [-0.3, -0.25) is 19.5 Å². The number of urea groups is 1. The van der Waals surface area contributed by atoms with E-state index in [1.807, 2.05) is 40.6 Å². The fourth-order valence-electron chi connectivity index (χ4n) is 6.26. The zero-order valence-electron chi connectivity index (χ0n) is 20.9. The lowest BCUT2D eigenvalue weighted by molar-refractivity contribution is -0.137. The highest BCUT2D eigenvalue weighted by Gasteiger charge is 2.69. The summed E-state index contributed by atoms with van der Waals surface area (Å²) in [5, 5.41) is 5.06. The van der Waals surface area contributed by atoms with Crippen LogP contribution in [0.2, 0.25) is 0 Å². The average Bonchev–Trinajstić information content (AvgIpc) is 3.25. The van der Waals surface area contributed by atoms with Crippen molar-refractivity contribution >= 4 is 29.2 Å². The van der Waals surface area contributed by atoms with E-state index in [0.717, 1.165) is 4.88 Å². The maximum Gasteiger partial charge on any atom is 0.325 e. The highest BCUT2D eigenvalue weighted by Crippen LogP contribution is 2.68. The Morgan fingerprint density at radius 1 is 1.09 bits per heavy atom. The van der Waals surface area contributed by atoms with Gasteiger partial charge in [-0.2, -0.15) is 0 Å². The van der Waals surface area contributed by atoms with Crippen LogP contribution in [0.4, 0.5) is 4.79 Å². The minimum Gasteiger partial charge on any atom is -0.342 e. The molecule has 2 aliphatic heterocycles. The molecule has 0 radical (unpaired) electrons. The zero-order valence-corrected chi connectivity index (χ0v) is 21.7. The Hall–Kier alpha value is -2.74. The lowest BCUT2D eigenvalue weighted by Crippen LogP contribution is -2.55. The third-order valence-electron chi connectivity index (χ3n) is 9.05. The van der Waals surface area contributed by atoms with Crippen LogP contribution in [-0.4, -0.2) is 52.3 Å². The first-order chi connectivity index (χ1) is 16.6. The van der Waals surface area contributed by atoms with Gasteiger partial charge < -0.3 is 10.2 Å². The van der Waals surface area contributed by atoms with Crippen molar-refractivity contribution < 1.29 is 14.4 Å². The number of carbonyl (C=O) groups excluding carboxylic acids is 3. The maximum absolute atomic E-state index is 13.9. The van der Waals surface area contributed by atoms with Crippen LogP contribution in [0.5, 0.6) is 0 Å². The Kier molecular flexibility index (Phi) is 5.78. The number of thiophene rings is 1. The number of amides is 4. The highest BCUT2D eigenvalue weighted by molar-refractivity contribution is 7.09. The van der Waals surface area contributed by atoms with E-state index >= 15 is 0 Å². The van der Waals surface area contributed by atoms with Crippen molar-refractivity contribution in [1.82, 2.24) is 20.1 Å². The molecule has 1 aliphatic carbocycles. The molecule has 8 heteroatoms. The van der Waals surface area contributed by atoms with E-state index in [9.17, 15) is 14.4 Å². The van der Waals surface area contributed by atoms with Gasteiger partial charge in [0.25, 0.3) is 5.91 Å². The molecule has 1 saturated carbocycles. The SMILES string of the molecule is CC1(C)C(C(=O)N2CCC(C3(c4ccccn4)NC(=O)N(CCc4cccs4)C3=O)CC2)C1(C)C. The topological polar surface area (TPSA) is 82.6 Å². The maximum atomic E-state index is 13.9. The summed E-state index contributed by atoms with van der Waals surface area (Å²) in [6.45, 7) is 10.2. The fourth-order valence-corrected chi connectivity index (χ4v) is 6.96. The summed E-state index contributed by atoms with van der Waals surface area (Å²) < 4.78 is 0. The number of likely N-dealkylation sites (tertiary alicyclic amines) is 1. The predicted octanol–water partition coefficient (Wildman–Crippen LogP) is 4.05. The molecule has 4 heterocycles. The van der Waals surface area contributed by atoms with Crippen LogP contribution in [0.3, 0.4) is 0 Å². The Morgan fingerprint density at radius 3 is 2.37 bits per heavy atom. The van der Waals surface area contributed by atoms with Crippen LogP contribution in [0.15, 0.2) is 41.9 Å². The van der Waals surface area contributed by atoms with Gasteiger partial charge in [-0.05, 0) is 53.7 Å². The highest BCUT2D eigenvalue weighted by atomic mass is 32.1. The minimum atomic E-state index is -1.19. The predicted molar refractivity (Wildman–Crippen MR) is 135 cm³/mol. The summed E-state index contributed by atoms with van der Waals surface area (Å²) in [4.78, 5) is 49.3. The number of imide groups is 1. The molecule has 2 saturated heterocycles. The van der Waals surface area contributed by atoms with Crippen LogP contribution < -0.4 is 5.32 Å². The third kappa shape index (κ3) is 3.68. The lowest BCUT2D eigenvalue weighted by Gasteiger charge is -2.40. The first-order valence-electron chi connectivity index (χ1n) is 12.5. The average molecular weight is 495 g/mol. The molecule has 5 rings (SSSR count). The van der Waals surface area contributed by atoms with E-state index < -0.39 is 5.54 Å². The molecule has 4 amide bonds. The second-order valence-electron chi connectivity index (χ2n) is 11.2. The van der Waals surface area contributed by atoms with Gasteiger partial charge in [-0.25, -0.2) is 4.79 Å². The fraction of sp³-hybridized carbons (Fsp3) is 0.556. The number of nitrogens with one attached hydrogen (secondary N) is 1. The molecule has 1 unspecified atom stereocenters. The van der Waals surface area contributed by atoms with Gasteiger partial charge in [0.2, 0.25) is 5.91 Å².